The Kier molecular flexibility index (Phi) is 47.4. The summed E-state index contributed by atoms with van der Waals surface area (Å²) in [4.78, 5) is 37.9. The molecule has 0 unspecified atom stereocenters. The molecule has 0 aromatic rings. The van der Waals surface area contributed by atoms with E-state index in [9.17, 15) is 14.4 Å². The van der Waals surface area contributed by atoms with Crippen molar-refractivity contribution in [3.8, 4) is 0 Å². The van der Waals surface area contributed by atoms with Crippen LogP contribution in [0.3, 0.4) is 0 Å². The van der Waals surface area contributed by atoms with Crippen LogP contribution in [0.25, 0.3) is 0 Å². The van der Waals surface area contributed by atoms with Crippen LogP contribution in [-0.2, 0) is 28.6 Å². The van der Waals surface area contributed by atoms with E-state index in [0.29, 0.717) is 19.3 Å². The normalized spacial score (nSPS) is 12.5. The number of esters is 3. The van der Waals surface area contributed by atoms with E-state index in [-0.39, 0.29) is 31.1 Å². The zero-order valence-corrected chi connectivity index (χ0v) is 40.2. The maximum Gasteiger partial charge on any atom is 0.306 e. The third-order valence-electron chi connectivity index (χ3n) is 11.0. The Hall–Kier alpha value is -2.89. The summed E-state index contributed by atoms with van der Waals surface area (Å²) in [5, 5.41) is 0. The van der Waals surface area contributed by atoms with Crippen molar-refractivity contribution >= 4 is 17.9 Å². The van der Waals surface area contributed by atoms with Gasteiger partial charge in [0.1, 0.15) is 13.2 Å². The lowest BCUT2D eigenvalue weighted by molar-refractivity contribution is -0.167. The Morgan fingerprint density at radius 3 is 1.07 bits per heavy atom. The number of carbonyl (C=O) groups excluding carboxylic acids is 3. The van der Waals surface area contributed by atoms with Crippen LogP contribution in [-0.4, -0.2) is 37.2 Å². The maximum atomic E-state index is 12.8. The maximum absolute atomic E-state index is 12.8. The molecule has 0 spiro atoms. The zero-order chi connectivity index (χ0) is 44.4. The van der Waals surface area contributed by atoms with Crippen LogP contribution in [0, 0.1) is 0 Å². The van der Waals surface area contributed by atoms with Gasteiger partial charge in [0.05, 0.1) is 0 Å². The Morgan fingerprint density at radius 1 is 0.344 bits per heavy atom. The third kappa shape index (κ3) is 48.0. The molecule has 0 aromatic carbocycles. The molecule has 0 aliphatic heterocycles. The van der Waals surface area contributed by atoms with Crippen LogP contribution < -0.4 is 0 Å². The van der Waals surface area contributed by atoms with Crippen LogP contribution in [0.2, 0.25) is 0 Å². The predicted octanol–water partition coefficient (Wildman–Crippen LogP) is 16.9. The molecule has 61 heavy (non-hydrogen) atoms. The van der Waals surface area contributed by atoms with Gasteiger partial charge in [-0.25, -0.2) is 0 Å². The standard InChI is InChI=1S/C55H96O6/c1-4-7-10-13-16-19-22-24-26-27-29-31-34-36-39-42-45-48-54(57)60-51-52(61-55(58)49-46-43-40-37-32-21-18-15-12-9-6-3)50-59-53(56)47-44-41-38-35-33-30-28-25-23-20-17-14-11-8-5-2/h7,10,15-16,18-19,24,26,29,31,52H,4-6,8-9,11-14,17,20-23,25,27-28,30,32-51H2,1-3H3/b10-7-,18-15-,19-16-,26-24-,31-29-/t52-/m0/s1. The summed E-state index contributed by atoms with van der Waals surface area (Å²) in [5.41, 5.74) is 0. The second kappa shape index (κ2) is 49.8. The Bertz CT molecular complexity index is 1120. The average molecular weight is 853 g/mol. The van der Waals surface area contributed by atoms with Crippen LogP contribution in [0.5, 0.6) is 0 Å². The molecule has 0 aliphatic rings. The van der Waals surface area contributed by atoms with E-state index in [0.717, 1.165) is 109 Å². The monoisotopic (exact) mass is 853 g/mol. The number of ether oxygens (including phenoxy) is 3. The molecule has 0 radical (unpaired) electrons. The van der Waals surface area contributed by atoms with Gasteiger partial charge in [-0.15, -0.1) is 0 Å². The molecule has 0 saturated heterocycles. The zero-order valence-electron chi connectivity index (χ0n) is 40.2. The molecule has 352 valence electrons. The van der Waals surface area contributed by atoms with Crippen LogP contribution in [0.4, 0.5) is 0 Å². The van der Waals surface area contributed by atoms with Gasteiger partial charge in [0.25, 0.3) is 0 Å². The fourth-order valence-corrected chi connectivity index (χ4v) is 7.12. The van der Waals surface area contributed by atoms with Gasteiger partial charge in [-0.05, 0) is 77.0 Å². The van der Waals surface area contributed by atoms with Crippen molar-refractivity contribution in [3.63, 3.8) is 0 Å². The van der Waals surface area contributed by atoms with Crippen LogP contribution >= 0.6 is 0 Å². The number of allylic oxidation sites excluding steroid dienone is 10. The van der Waals surface area contributed by atoms with Crippen molar-refractivity contribution in [2.75, 3.05) is 13.2 Å². The lowest BCUT2D eigenvalue weighted by Gasteiger charge is -2.18. The number of rotatable bonds is 46. The summed E-state index contributed by atoms with van der Waals surface area (Å²) >= 11 is 0. The van der Waals surface area contributed by atoms with Gasteiger partial charge in [-0.2, -0.15) is 0 Å². The number of carbonyl (C=O) groups is 3. The fraction of sp³-hybridized carbons (Fsp3) is 0.764. The summed E-state index contributed by atoms with van der Waals surface area (Å²) in [5.74, 6) is -0.913. The van der Waals surface area contributed by atoms with Crippen molar-refractivity contribution in [1.82, 2.24) is 0 Å². The Labute approximate surface area is 377 Å². The van der Waals surface area contributed by atoms with E-state index in [1.165, 1.54) is 103 Å². The van der Waals surface area contributed by atoms with E-state index < -0.39 is 6.10 Å². The molecule has 0 heterocycles. The highest BCUT2D eigenvalue weighted by molar-refractivity contribution is 5.71. The minimum Gasteiger partial charge on any atom is -0.462 e. The molecule has 0 amide bonds. The molecule has 0 bridgehead atoms. The lowest BCUT2D eigenvalue weighted by Crippen LogP contribution is -2.30. The summed E-state index contributed by atoms with van der Waals surface area (Å²) in [6.45, 7) is 6.47. The SMILES string of the molecule is CC/C=C\C/C=C\C/C=C\C/C=C\CCCCCCC(=O)OC[C@H](COC(=O)CCCCCCCCCCCCCCCCC)OC(=O)CCCCCCC/C=C\CCCC. The van der Waals surface area contributed by atoms with Crippen molar-refractivity contribution in [2.45, 2.75) is 258 Å². The first-order chi connectivity index (χ1) is 30.0. The highest BCUT2D eigenvalue weighted by Gasteiger charge is 2.19. The molecule has 0 fully saturated rings. The molecular weight excluding hydrogens is 757 g/mol. The molecular formula is C55H96O6. The molecule has 6 nitrogen and oxygen atoms in total. The van der Waals surface area contributed by atoms with Gasteiger partial charge in [-0.1, -0.05) is 216 Å². The molecule has 0 rings (SSSR count). The number of unbranched alkanes of at least 4 members (excludes halogenated alkanes) is 25. The number of hydrogen-bond acceptors (Lipinski definition) is 6. The van der Waals surface area contributed by atoms with Gasteiger partial charge < -0.3 is 14.2 Å². The first kappa shape index (κ1) is 58.1. The molecule has 0 aliphatic carbocycles. The van der Waals surface area contributed by atoms with E-state index in [1.54, 1.807) is 0 Å². The first-order valence-corrected chi connectivity index (χ1v) is 25.8. The summed E-state index contributed by atoms with van der Waals surface area (Å²) in [6.07, 6.45) is 60.6. The molecule has 1 atom stereocenters. The predicted molar refractivity (Wildman–Crippen MR) is 261 cm³/mol. The molecule has 6 heteroatoms. The van der Waals surface area contributed by atoms with Crippen molar-refractivity contribution < 1.29 is 28.6 Å². The summed E-state index contributed by atoms with van der Waals surface area (Å²) in [7, 11) is 0. The minimum absolute atomic E-state index is 0.0837. The highest BCUT2D eigenvalue weighted by Crippen LogP contribution is 2.15. The first-order valence-electron chi connectivity index (χ1n) is 25.8. The second-order valence-corrected chi connectivity index (χ2v) is 17.1. The van der Waals surface area contributed by atoms with Crippen molar-refractivity contribution in [2.24, 2.45) is 0 Å². The second-order valence-electron chi connectivity index (χ2n) is 17.1. The molecule has 0 N–H and O–H groups in total. The topological polar surface area (TPSA) is 78.9 Å². The summed E-state index contributed by atoms with van der Waals surface area (Å²) in [6, 6.07) is 0. The van der Waals surface area contributed by atoms with Crippen LogP contribution in [0.15, 0.2) is 60.8 Å². The number of hydrogen-bond donors (Lipinski definition) is 0. The fourth-order valence-electron chi connectivity index (χ4n) is 7.12. The van der Waals surface area contributed by atoms with E-state index in [4.69, 9.17) is 14.2 Å². The minimum atomic E-state index is -0.785. The van der Waals surface area contributed by atoms with Gasteiger partial charge in [0, 0.05) is 19.3 Å². The van der Waals surface area contributed by atoms with Crippen molar-refractivity contribution in [1.29, 1.82) is 0 Å². The third-order valence-corrected chi connectivity index (χ3v) is 11.0. The summed E-state index contributed by atoms with van der Waals surface area (Å²) < 4.78 is 16.8. The van der Waals surface area contributed by atoms with Gasteiger partial charge in [0.15, 0.2) is 6.10 Å². The lowest BCUT2D eigenvalue weighted by atomic mass is 10.0. The highest BCUT2D eigenvalue weighted by atomic mass is 16.6. The van der Waals surface area contributed by atoms with Gasteiger partial charge >= 0.3 is 17.9 Å². The molecule has 0 aromatic heterocycles. The Morgan fingerprint density at radius 2 is 0.656 bits per heavy atom. The van der Waals surface area contributed by atoms with E-state index in [2.05, 4.69) is 81.5 Å². The van der Waals surface area contributed by atoms with Crippen molar-refractivity contribution in [3.05, 3.63) is 60.8 Å². The molecule has 0 saturated carbocycles. The van der Waals surface area contributed by atoms with Gasteiger partial charge in [0.2, 0.25) is 0 Å². The van der Waals surface area contributed by atoms with Crippen LogP contribution in [0.1, 0.15) is 252 Å². The largest absolute Gasteiger partial charge is 0.462 e. The van der Waals surface area contributed by atoms with E-state index >= 15 is 0 Å². The smallest absolute Gasteiger partial charge is 0.306 e. The van der Waals surface area contributed by atoms with Gasteiger partial charge in [-0.3, -0.25) is 14.4 Å². The Balaban J connectivity index is 4.38. The van der Waals surface area contributed by atoms with E-state index in [1.807, 2.05) is 0 Å². The average Bonchev–Trinajstić information content (AvgIpc) is 3.26. The quantitative estimate of drug-likeness (QED) is 0.0263.